The molecule has 1 saturated heterocycles. The van der Waals surface area contributed by atoms with E-state index in [0.717, 1.165) is 46.0 Å². The van der Waals surface area contributed by atoms with Gasteiger partial charge < -0.3 is 10.6 Å². The zero-order valence-electron chi connectivity index (χ0n) is 11.9. The summed E-state index contributed by atoms with van der Waals surface area (Å²) in [6.07, 6.45) is 3.11. The van der Waals surface area contributed by atoms with Gasteiger partial charge >= 0.3 is 0 Å². The van der Waals surface area contributed by atoms with Crippen LogP contribution in [-0.2, 0) is 0 Å². The van der Waals surface area contributed by atoms with Gasteiger partial charge in [0.25, 0.3) is 0 Å². The largest absolute Gasteiger partial charge is 0.398 e. The molecule has 1 aromatic carbocycles. The Morgan fingerprint density at radius 1 is 1.40 bits per heavy atom. The van der Waals surface area contributed by atoms with Crippen LogP contribution in [0.2, 0.25) is 0 Å². The number of hydrogen-bond acceptors (Lipinski definition) is 3. The first-order valence-electron chi connectivity index (χ1n) is 7.15. The van der Waals surface area contributed by atoms with Crippen molar-refractivity contribution in [3.8, 4) is 0 Å². The van der Waals surface area contributed by atoms with Gasteiger partial charge in [0.05, 0.1) is 11.2 Å². The van der Waals surface area contributed by atoms with Crippen LogP contribution in [0.25, 0.3) is 10.9 Å². The quantitative estimate of drug-likeness (QED) is 0.842. The highest BCUT2D eigenvalue weighted by Crippen LogP contribution is 2.35. The van der Waals surface area contributed by atoms with Crippen molar-refractivity contribution in [3.05, 3.63) is 28.9 Å². The van der Waals surface area contributed by atoms with E-state index in [1.807, 2.05) is 12.3 Å². The summed E-state index contributed by atoms with van der Waals surface area (Å²) in [5, 5.41) is 1.03. The van der Waals surface area contributed by atoms with E-state index in [0.29, 0.717) is 0 Å². The van der Waals surface area contributed by atoms with E-state index >= 15 is 0 Å². The standard InChI is InChI=1S/C16H20BrN3/c1-10(2)11-5-6-20(9-11)15-4-3-14(18)13-7-12(17)8-19-16(13)15/h3-4,7-8,10-11H,5-6,9,18H2,1-2H3. The zero-order chi connectivity index (χ0) is 14.3. The smallest absolute Gasteiger partial charge is 0.0956 e. The summed E-state index contributed by atoms with van der Waals surface area (Å²) < 4.78 is 0.968. The minimum atomic E-state index is 0.738. The van der Waals surface area contributed by atoms with Crippen LogP contribution in [0.1, 0.15) is 20.3 Å². The van der Waals surface area contributed by atoms with E-state index in [1.165, 1.54) is 12.1 Å². The fraction of sp³-hybridized carbons (Fsp3) is 0.438. The van der Waals surface area contributed by atoms with Crippen LogP contribution in [0, 0.1) is 11.8 Å². The number of hydrogen-bond donors (Lipinski definition) is 1. The molecule has 1 aromatic heterocycles. The first-order valence-corrected chi connectivity index (χ1v) is 7.94. The molecule has 4 heteroatoms. The Balaban J connectivity index is 2.03. The first kappa shape index (κ1) is 13.7. The molecular formula is C16H20BrN3. The molecule has 1 unspecified atom stereocenters. The second-order valence-corrected chi connectivity index (χ2v) is 6.88. The van der Waals surface area contributed by atoms with Crippen LogP contribution < -0.4 is 10.6 Å². The molecular weight excluding hydrogens is 314 g/mol. The van der Waals surface area contributed by atoms with E-state index in [2.05, 4.69) is 51.8 Å². The monoisotopic (exact) mass is 333 g/mol. The number of anilines is 2. The Kier molecular flexibility index (Phi) is 3.59. The summed E-state index contributed by atoms with van der Waals surface area (Å²) in [5.74, 6) is 1.51. The highest BCUT2D eigenvalue weighted by molar-refractivity contribution is 9.10. The van der Waals surface area contributed by atoms with Crippen LogP contribution in [0.5, 0.6) is 0 Å². The van der Waals surface area contributed by atoms with E-state index in [1.54, 1.807) is 0 Å². The summed E-state index contributed by atoms with van der Waals surface area (Å²) in [7, 11) is 0. The average molecular weight is 334 g/mol. The van der Waals surface area contributed by atoms with E-state index < -0.39 is 0 Å². The number of nitrogens with zero attached hydrogens (tertiary/aromatic N) is 2. The Hall–Kier alpha value is -1.29. The molecule has 0 aliphatic carbocycles. The molecule has 1 aliphatic heterocycles. The zero-order valence-corrected chi connectivity index (χ0v) is 13.5. The van der Waals surface area contributed by atoms with E-state index in [9.17, 15) is 0 Å². The molecule has 0 saturated carbocycles. The molecule has 0 radical (unpaired) electrons. The normalized spacial score (nSPS) is 19.2. The molecule has 2 N–H and O–H groups in total. The minimum Gasteiger partial charge on any atom is -0.398 e. The molecule has 0 bridgehead atoms. The molecule has 2 aromatic rings. The van der Waals surface area contributed by atoms with E-state index in [-0.39, 0.29) is 0 Å². The molecule has 1 fully saturated rings. The van der Waals surface area contributed by atoms with Gasteiger partial charge in [-0.25, -0.2) is 0 Å². The topological polar surface area (TPSA) is 42.1 Å². The fourth-order valence-corrected chi connectivity index (χ4v) is 3.34. The number of pyridine rings is 1. The van der Waals surface area contributed by atoms with Crippen molar-refractivity contribution >= 4 is 38.2 Å². The van der Waals surface area contributed by atoms with Crippen molar-refractivity contribution in [2.45, 2.75) is 20.3 Å². The number of nitrogens with two attached hydrogens (primary N) is 1. The molecule has 0 amide bonds. The molecule has 20 heavy (non-hydrogen) atoms. The van der Waals surface area contributed by atoms with Crippen molar-refractivity contribution in [1.82, 2.24) is 4.98 Å². The van der Waals surface area contributed by atoms with Gasteiger partial charge in [0, 0.05) is 34.8 Å². The maximum absolute atomic E-state index is 6.09. The number of benzene rings is 1. The molecule has 3 rings (SSSR count). The van der Waals surface area contributed by atoms with Gasteiger partial charge in [0.2, 0.25) is 0 Å². The number of halogens is 1. The van der Waals surface area contributed by atoms with Gasteiger partial charge in [-0.15, -0.1) is 0 Å². The second-order valence-electron chi connectivity index (χ2n) is 5.96. The third-order valence-electron chi connectivity index (χ3n) is 4.34. The predicted molar refractivity (Wildman–Crippen MR) is 89.0 cm³/mol. The average Bonchev–Trinajstić information content (AvgIpc) is 2.89. The molecule has 1 atom stereocenters. The van der Waals surface area contributed by atoms with Gasteiger partial charge in [-0.05, 0) is 52.4 Å². The SMILES string of the molecule is CC(C)C1CCN(c2ccc(N)c3cc(Br)cnc23)C1. The van der Waals surface area contributed by atoms with Crippen molar-refractivity contribution in [2.75, 3.05) is 23.7 Å². The summed E-state index contributed by atoms with van der Waals surface area (Å²) in [5.41, 5.74) is 9.10. The Bertz CT molecular complexity index is 639. The Labute approximate surface area is 128 Å². The molecule has 0 spiro atoms. The third kappa shape index (κ3) is 2.37. The summed E-state index contributed by atoms with van der Waals surface area (Å²) in [6.45, 7) is 6.85. The van der Waals surface area contributed by atoms with Crippen molar-refractivity contribution in [2.24, 2.45) is 11.8 Å². The van der Waals surface area contributed by atoms with Gasteiger partial charge in [-0.2, -0.15) is 0 Å². The van der Waals surface area contributed by atoms with Gasteiger partial charge in [-0.3, -0.25) is 4.98 Å². The van der Waals surface area contributed by atoms with Gasteiger partial charge in [0.15, 0.2) is 0 Å². The lowest BCUT2D eigenvalue weighted by Gasteiger charge is -2.21. The summed E-state index contributed by atoms with van der Waals surface area (Å²) in [4.78, 5) is 7.04. The van der Waals surface area contributed by atoms with Crippen molar-refractivity contribution in [3.63, 3.8) is 0 Å². The third-order valence-corrected chi connectivity index (χ3v) is 4.77. The maximum Gasteiger partial charge on any atom is 0.0956 e. The lowest BCUT2D eigenvalue weighted by molar-refractivity contribution is 0.423. The minimum absolute atomic E-state index is 0.738. The van der Waals surface area contributed by atoms with Crippen molar-refractivity contribution < 1.29 is 0 Å². The van der Waals surface area contributed by atoms with Crippen LogP contribution in [0.4, 0.5) is 11.4 Å². The second kappa shape index (κ2) is 5.24. The highest BCUT2D eigenvalue weighted by Gasteiger charge is 2.26. The van der Waals surface area contributed by atoms with Gasteiger partial charge in [-0.1, -0.05) is 13.8 Å². The molecule has 3 nitrogen and oxygen atoms in total. The number of rotatable bonds is 2. The van der Waals surface area contributed by atoms with Crippen LogP contribution >= 0.6 is 15.9 Å². The summed E-state index contributed by atoms with van der Waals surface area (Å²) >= 11 is 3.47. The molecule has 106 valence electrons. The van der Waals surface area contributed by atoms with Crippen LogP contribution in [0.3, 0.4) is 0 Å². The number of fused-ring (bicyclic) bond motifs is 1. The fourth-order valence-electron chi connectivity index (χ4n) is 3.01. The lowest BCUT2D eigenvalue weighted by atomic mass is 9.95. The molecule has 2 heterocycles. The van der Waals surface area contributed by atoms with Crippen LogP contribution in [0.15, 0.2) is 28.9 Å². The highest BCUT2D eigenvalue weighted by atomic mass is 79.9. The predicted octanol–water partition coefficient (Wildman–Crippen LogP) is 4.06. The number of nitrogen functional groups attached to an aromatic ring is 1. The Morgan fingerprint density at radius 2 is 2.20 bits per heavy atom. The van der Waals surface area contributed by atoms with E-state index in [4.69, 9.17) is 5.73 Å². The Morgan fingerprint density at radius 3 is 2.90 bits per heavy atom. The lowest BCUT2D eigenvalue weighted by Crippen LogP contribution is -2.21. The van der Waals surface area contributed by atoms with Crippen molar-refractivity contribution in [1.29, 1.82) is 0 Å². The number of aromatic nitrogens is 1. The first-order chi connectivity index (χ1) is 9.56. The maximum atomic E-state index is 6.09. The molecule has 1 aliphatic rings. The van der Waals surface area contributed by atoms with Gasteiger partial charge in [0.1, 0.15) is 0 Å². The van der Waals surface area contributed by atoms with Crippen LogP contribution in [-0.4, -0.2) is 18.1 Å². The summed E-state index contributed by atoms with van der Waals surface area (Å²) in [6, 6.07) is 6.16.